The molecule has 0 aliphatic rings. The van der Waals surface area contributed by atoms with Crippen LogP contribution in [0.1, 0.15) is 44.6 Å². The van der Waals surface area contributed by atoms with Gasteiger partial charge in [0.2, 0.25) is 0 Å². The predicted octanol–water partition coefficient (Wildman–Crippen LogP) is 6.08. The number of rotatable bonds is 7. The van der Waals surface area contributed by atoms with Gasteiger partial charge >= 0.3 is 15.6 Å². The van der Waals surface area contributed by atoms with E-state index in [-0.39, 0.29) is 5.75 Å². The van der Waals surface area contributed by atoms with Crippen LogP contribution < -0.4 is 4.18 Å². The number of alkyl halides is 3. The van der Waals surface area contributed by atoms with E-state index in [2.05, 4.69) is 18.0 Å². The van der Waals surface area contributed by atoms with Crippen LogP contribution in [-0.2, 0) is 10.1 Å². The fourth-order valence-electron chi connectivity index (χ4n) is 2.65. The molecule has 2 rings (SSSR count). The van der Waals surface area contributed by atoms with E-state index in [1.165, 1.54) is 6.07 Å². The summed E-state index contributed by atoms with van der Waals surface area (Å²) in [4.78, 5) is 0.337. The van der Waals surface area contributed by atoms with Gasteiger partial charge in [0.25, 0.3) is 0 Å². The highest BCUT2D eigenvalue weighted by molar-refractivity contribution is 7.98. The lowest BCUT2D eigenvalue weighted by Gasteiger charge is -2.15. The van der Waals surface area contributed by atoms with E-state index in [0.29, 0.717) is 16.2 Å². The second kappa shape index (κ2) is 8.08. The number of benzene rings is 2. The van der Waals surface area contributed by atoms with Gasteiger partial charge in [0.1, 0.15) is 0 Å². The molecule has 0 amide bonds. The van der Waals surface area contributed by atoms with E-state index in [1.54, 1.807) is 18.4 Å². The van der Waals surface area contributed by atoms with Crippen molar-refractivity contribution in [3.63, 3.8) is 0 Å². The van der Waals surface area contributed by atoms with Crippen LogP contribution in [0, 0.1) is 0 Å². The van der Waals surface area contributed by atoms with Crippen molar-refractivity contribution in [2.45, 2.75) is 49.4 Å². The molecule has 0 aromatic heterocycles. The van der Waals surface area contributed by atoms with Crippen molar-refractivity contribution < 1.29 is 25.8 Å². The first-order valence-corrected chi connectivity index (χ1v) is 10.8. The van der Waals surface area contributed by atoms with Gasteiger partial charge in [-0.25, -0.2) is 0 Å². The zero-order valence-corrected chi connectivity index (χ0v) is 16.4. The fourth-order valence-corrected chi connectivity index (χ4v) is 3.72. The minimum absolute atomic E-state index is 0.311. The monoisotopic (exact) mass is 406 g/mol. The Morgan fingerprint density at radius 2 is 1.85 bits per heavy atom. The van der Waals surface area contributed by atoms with Gasteiger partial charge in [0, 0.05) is 0 Å². The molecular weight excluding hydrogens is 385 g/mol. The predicted molar refractivity (Wildman–Crippen MR) is 99.3 cm³/mol. The van der Waals surface area contributed by atoms with Crippen molar-refractivity contribution in [2.75, 3.05) is 6.26 Å². The van der Waals surface area contributed by atoms with Crippen LogP contribution in [-0.4, -0.2) is 20.2 Å². The van der Waals surface area contributed by atoms with E-state index in [0.717, 1.165) is 42.0 Å². The molecule has 0 saturated heterocycles. The Kier molecular flexibility index (Phi) is 6.50. The maximum absolute atomic E-state index is 12.6. The molecule has 26 heavy (non-hydrogen) atoms. The third-order valence-corrected chi connectivity index (χ3v) is 5.91. The summed E-state index contributed by atoms with van der Waals surface area (Å²) in [6.07, 6.45) is 4.95. The minimum atomic E-state index is -5.70. The number of hydrogen-bond donors (Lipinski definition) is 0. The molecule has 0 aliphatic carbocycles. The maximum atomic E-state index is 12.6. The van der Waals surface area contributed by atoms with Gasteiger partial charge in [-0.15, -0.1) is 11.8 Å². The van der Waals surface area contributed by atoms with Gasteiger partial charge in [-0.2, -0.15) is 21.6 Å². The summed E-state index contributed by atoms with van der Waals surface area (Å²) in [6.45, 7) is 4.27. The Morgan fingerprint density at radius 1 is 1.15 bits per heavy atom. The van der Waals surface area contributed by atoms with Crippen LogP contribution in [0.15, 0.2) is 35.2 Å². The molecule has 1 atom stereocenters. The molecule has 0 radical (unpaired) electrons. The lowest BCUT2D eigenvalue weighted by molar-refractivity contribution is -0.0500. The molecule has 8 heteroatoms. The van der Waals surface area contributed by atoms with Gasteiger partial charge in [0.05, 0.1) is 4.90 Å². The topological polar surface area (TPSA) is 43.4 Å². The number of thioether (sulfide) groups is 1. The Balaban J connectivity index is 2.43. The van der Waals surface area contributed by atoms with Crippen LogP contribution in [0.4, 0.5) is 13.2 Å². The van der Waals surface area contributed by atoms with E-state index >= 15 is 0 Å². The molecule has 144 valence electrons. The first-order chi connectivity index (χ1) is 12.1. The minimum Gasteiger partial charge on any atom is -0.375 e. The van der Waals surface area contributed by atoms with Crippen LogP contribution in [0.3, 0.4) is 0 Å². The molecule has 2 aromatic rings. The molecule has 3 nitrogen and oxygen atoms in total. The molecule has 0 spiro atoms. The summed E-state index contributed by atoms with van der Waals surface area (Å²) in [5.74, 6) is 0.0627. The molecule has 0 heterocycles. The van der Waals surface area contributed by atoms with Crippen molar-refractivity contribution in [1.82, 2.24) is 0 Å². The molecule has 2 aromatic carbocycles. The SMILES string of the molecule is CCCCC(C)c1ccc2cc(OS(=O)(=O)C(F)(F)F)c(SC)cc2c1. The normalized spacial score (nSPS) is 13.8. The van der Waals surface area contributed by atoms with Crippen LogP contribution in [0.25, 0.3) is 10.8 Å². The molecule has 0 bridgehead atoms. The Labute approximate surface area is 156 Å². The van der Waals surface area contributed by atoms with Crippen molar-refractivity contribution in [2.24, 2.45) is 0 Å². The van der Waals surface area contributed by atoms with Gasteiger partial charge in [0.15, 0.2) is 5.75 Å². The number of halogens is 3. The highest BCUT2D eigenvalue weighted by Crippen LogP contribution is 2.37. The van der Waals surface area contributed by atoms with Crippen LogP contribution >= 0.6 is 11.8 Å². The summed E-state index contributed by atoms with van der Waals surface area (Å²) in [5, 5.41) is 1.47. The molecule has 0 saturated carbocycles. The smallest absolute Gasteiger partial charge is 0.375 e. The van der Waals surface area contributed by atoms with Crippen molar-refractivity contribution >= 4 is 32.7 Å². The van der Waals surface area contributed by atoms with Gasteiger partial charge in [-0.3, -0.25) is 0 Å². The average Bonchev–Trinajstić information content (AvgIpc) is 2.57. The molecule has 0 aliphatic heterocycles. The average molecular weight is 406 g/mol. The quantitative estimate of drug-likeness (QED) is 0.317. The van der Waals surface area contributed by atoms with Gasteiger partial charge in [-0.05, 0) is 47.1 Å². The summed E-state index contributed by atoms with van der Waals surface area (Å²) < 4.78 is 64.8. The number of fused-ring (bicyclic) bond motifs is 1. The highest BCUT2D eigenvalue weighted by Gasteiger charge is 2.48. The molecule has 0 fully saturated rings. The van der Waals surface area contributed by atoms with Gasteiger partial charge in [-0.1, -0.05) is 44.9 Å². The standard InChI is InChI=1S/C18H21F3O3S2/c1-4-5-6-12(2)13-7-8-14-10-16(17(25-3)11-15(14)9-13)24-26(22,23)18(19,20)21/h7-12H,4-6H2,1-3H3. The van der Waals surface area contributed by atoms with Crippen molar-refractivity contribution in [3.8, 4) is 5.75 Å². The highest BCUT2D eigenvalue weighted by atomic mass is 32.2. The third-order valence-electron chi connectivity index (χ3n) is 4.19. The van der Waals surface area contributed by atoms with Crippen molar-refractivity contribution in [3.05, 3.63) is 35.9 Å². The van der Waals surface area contributed by atoms with Gasteiger partial charge < -0.3 is 4.18 Å². The fraction of sp³-hybridized carbons (Fsp3) is 0.444. The second-order valence-electron chi connectivity index (χ2n) is 6.14. The third kappa shape index (κ3) is 4.65. The zero-order chi connectivity index (χ0) is 19.5. The Morgan fingerprint density at radius 3 is 2.42 bits per heavy atom. The zero-order valence-electron chi connectivity index (χ0n) is 14.8. The maximum Gasteiger partial charge on any atom is 0.534 e. The summed E-state index contributed by atoms with van der Waals surface area (Å²) in [5.41, 5.74) is -4.31. The van der Waals surface area contributed by atoms with E-state index in [9.17, 15) is 21.6 Å². The van der Waals surface area contributed by atoms with E-state index < -0.39 is 15.6 Å². The Hall–Kier alpha value is -1.41. The number of hydrogen-bond acceptors (Lipinski definition) is 4. The summed E-state index contributed by atoms with van der Waals surface area (Å²) in [6, 6.07) is 8.70. The summed E-state index contributed by atoms with van der Waals surface area (Å²) >= 11 is 1.13. The first-order valence-electron chi connectivity index (χ1n) is 8.21. The van der Waals surface area contributed by atoms with Crippen LogP contribution in [0.2, 0.25) is 0 Å². The Bertz CT molecular complexity index is 877. The largest absolute Gasteiger partial charge is 0.534 e. The molecule has 0 N–H and O–H groups in total. The van der Waals surface area contributed by atoms with Crippen molar-refractivity contribution in [1.29, 1.82) is 0 Å². The lowest BCUT2D eigenvalue weighted by atomic mass is 9.93. The second-order valence-corrected chi connectivity index (χ2v) is 8.52. The molecular formula is C18H21F3O3S2. The lowest BCUT2D eigenvalue weighted by Crippen LogP contribution is -2.28. The van der Waals surface area contributed by atoms with Crippen LogP contribution in [0.5, 0.6) is 5.75 Å². The molecule has 1 unspecified atom stereocenters. The van der Waals surface area contributed by atoms with E-state index in [4.69, 9.17) is 0 Å². The van der Waals surface area contributed by atoms with E-state index in [1.807, 2.05) is 12.1 Å². The first kappa shape index (κ1) is 20.9. The number of unbranched alkanes of at least 4 members (excludes halogenated alkanes) is 1. The summed E-state index contributed by atoms with van der Waals surface area (Å²) in [7, 11) is -5.70.